The van der Waals surface area contributed by atoms with Gasteiger partial charge < -0.3 is 4.74 Å². The number of aryl methyl sites for hydroxylation is 2. The molecule has 0 spiro atoms. The molecule has 1 unspecified atom stereocenters. The molecule has 0 saturated carbocycles. The molecule has 0 N–H and O–H groups in total. The second-order valence-corrected chi connectivity index (χ2v) is 9.46. The van der Waals surface area contributed by atoms with E-state index in [0.717, 1.165) is 12.8 Å². The molecule has 1 atom stereocenters. The molecule has 0 fully saturated rings. The topological polar surface area (TPSA) is 9.23 Å². The van der Waals surface area contributed by atoms with Gasteiger partial charge in [-0.05, 0) is 72.1 Å². The molecule has 0 aromatic heterocycles. The minimum absolute atomic E-state index is 0.0461. The maximum absolute atomic E-state index is 15.3. The third kappa shape index (κ3) is 4.78. The minimum atomic E-state index is -1.09. The van der Waals surface area contributed by atoms with Crippen LogP contribution in [0.1, 0.15) is 34.6 Å². The molecule has 4 aromatic rings. The van der Waals surface area contributed by atoms with Crippen LogP contribution < -0.4 is 4.74 Å². The van der Waals surface area contributed by atoms with Crippen molar-refractivity contribution >= 4 is 0 Å². The predicted octanol–water partition coefficient (Wildman–Crippen LogP) is 8.72. The van der Waals surface area contributed by atoms with Gasteiger partial charge in [-0.3, -0.25) is 0 Å². The first-order valence-electron chi connectivity index (χ1n) is 12.3. The van der Waals surface area contributed by atoms with Crippen LogP contribution in [0.15, 0.2) is 79.4 Å². The van der Waals surface area contributed by atoms with E-state index in [4.69, 9.17) is 4.74 Å². The molecule has 5 heteroatoms. The van der Waals surface area contributed by atoms with Crippen molar-refractivity contribution in [3.63, 3.8) is 0 Å². The average molecular weight is 503 g/mol. The molecule has 0 aliphatic heterocycles. The van der Waals surface area contributed by atoms with Crippen molar-refractivity contribution < 1.29 is 22.3 Å². The maximum atomic E-state index is 15.3. The molecule has 0 bridgehead atoms. The first kappa shape index (κ1) is 24.8. The predicted molar refractivity (Wildman–Crippen MR) is 139 cm³/mol. The molecule has 0 heterocycles. The van der Waals surface area contributed by atoms with E-state index < -0.39 is 23.3 Å². The van der Waals surface area contributed by atoms with Crippen molar-refractivity contribution in [1.82, 2.24) is 0 Å². The summed E-state index contributed by atoms with van der Waals surface area (Å²) in [7, 11) is 0. The molecule has 1 nitrogen and oxygen atoms in total. The van der Waals surface area contributed by atoms with Crippen LogP contribution in [0.4, 0.5) is 17.6 Å². The van der Waals surface area contributed by atoms with Gasteiger partial charge in [0.2, 0.25) is 5.82 Å². The van der Waals surface area contributed by atoms with Crippen molar-refractivity contribution in [2.45, 2.75) is 32.1 Å². The van der Waals surface area contributed by atoms with Crippen LogP contribution in [-0.2, 0) is 12.8 Å². The van der Waals surface area contributed by atoms with Gasteiger partial charge >= 0.3 is 0 Å². The lowest BCUT2D eigenvalue weighted by atomic mass is 9.79. The Balaban J connectivity index is 1.39. The Hall–Kier alpha value is -3.86. The van der Waals surface area contributed by atoms with Crippen LogP contribution in [0, 0.1) is 30.2 Å². The lowest BCUT2D eigenvalue weighted by Gasteiger charge is -2.26. The first-order valence-corrected chi connectivity index (χ1v) is 12.3. The van der Waals surface area contributed by atoms with Crippen molar-refractivity contribution in [3.05, 3.63) is 125 Å². The van der Waals surface area contributed by atoms with Gasteiger partial charge in [0.15, 0.2) is 23.2 Å². The zero-order valence-corrected chi connectivity index (χ0v) is 20.5. The fourth-order valence-corrected chi connectivity index (χ4v) is 5.10. The maximum Gasteiger partial charge on any atom is 0.201 e. The molecular formula is C32H26F4O. The Bertz CT molecular complexity index is 1470. The molecule has 0 radical (unpaired) electrons. The van der Waals surface area contributed by atoms with Crippen LogP contribution in [0.2, 0.25) is 0 Å². The summed E-state index contributed by atoms with van der Waals surface area (Å²) in [5.74, 6) is -4.15. The van der Waals surface area contributed by atoms with Crippen molar-refractivity contribution in [2.24, 2.45) is 0 Å². The second kappa shape index (κ2) is 10.3. The van der Waals surface area contributed by atoms with Gasteiger partial charge in [-0.25, -0.2) is 13.2 Å². The van der Waals surface area contributed by atoms with Crippen LogP contribution in [0.25, 0.3) is 22.3 Å². The summed E-state index contributed by atoms with van der Waals surface area (Å²) in [5, 5.41) is 0. The largest absolute Gasteiger partial charge is 0.486 e. The van der Waals surface area contributed by atoms with Gasteiger partial charge in [0.25, 0.3) is 0 Å². The summed E-state index contributed by atoms with van der Waals surface area (Å²) in [5.41, 5.74) is 5.08. The number of hydrogen-bond acceptors (Lipinski definition) is 1. The van der Waals surface area contributed by atoms with Crippen LogP contribution in [0.3, 0.4) is 0 Å². The minimum Gasteiger partial charge on any atom is -0.486 e. The molecule has 5 rings (SSSR count). The summed E-state index contributed by atoms with van der Waals surface area (Å²) in [4.78, 5) is 0. The summed E-state index contributed by atoms with van der Waals surface area (Å²) < 4.78 is 64.7. The van der Waals surface area contributed by atoms with Gasteiger partial charge in [-0.2, -0.15) is 4.39 Å². The Labute approximate surface area is 214 Å². The van der Waals surface area contributed by atoms with Gasteiger partial charge in [-0.15, -0.1) is 0 Å². The number of rotatable bonds is 6. The normalized spacial score (nSPS) is 14.8. The Morgan fingerprint density at radius 2 is 1.43 bits per heavy atom. The van der Waals surface area contributed by atoms with Crippen LogP contribution in [-0.4, -0.2) is 6.61 Å². The zero-order chi connectivity index (χ0) is 26.1. The highest BCUT2D eigenvalue weighted by molar-refractivity contribution is 5.72. The molecule has 37 heavy (non-hydrogen) atoms. The van der Waals surface area contributed by atoms with E-state index in [2.05, 4.69) is 31.7 Å². The van der Waals surface area contributed by atoms with Crippen molar-refractivity contribution in [2.75, 3.05) is 6.61 Å². The number of halogens is 4. The zero-order valence-electron chi connectivity index (χ0n) is 20.5. The summed E-state index contributed by atoms with van der Waals surface area (Å²) in [6.45, 7) is 5.59. The molecule has 0 saturated heterocycles. The highest BCUT2D eigenvalue weighted by Gasteiger charge is 2.25. The third-order valence-electron chi connectivity index (χ3n) is 7.05. The third-order valence-corrected chi connectivity index (χ3v) is 7.05. The standard InChI is InChI=1S/C32H26F4O/c1-3-16-37-28-15-14-26(31(35)32(28)36)21-8-6-20(7-9-21)25-12-13-27(30(34)29(25)33)24-11-10-22-17-19(2)4-5-23(22)18-24/h3-9,12-15,17,24H,1,10-11,16,18H2,2H3. The lowest BCUT2D eigenvalue weighted by Crippen LogP contribution is -2.15. The van der Waals surface area contributed by atoms with E-state index in [1.807, 2.05) is 0 Å². The van der Waals surface area contributed by atoms with E-state index in [0.29, 0.717) is 23.1 Å². The van der Waals surface area contributed by atoms with E-state index in [-0.39, 0.29) is 29.4 Å². The average Bonchev–Trinajstić information content (AvgIpc) is 2.91. The number of ether oxygens (including phenoxy) is 1. The Kier molecular flexibility index (Phi) is 6.88. The molecule has 0 amide bonds. The molecule has 1 aliphatic carbocycles. The number of benzene rings is 4. The summed E-state index contributed by atoms with van der Waals surface area (Å²) in [6, 6.07) is 18.6. The molecular weight excluding hydrogens is 476 g/mol. The molecule has 4 aromatic carbocycles. The van der Waals surface area contributed by atoms with Crippen LogP contribution in [0.5, 0.6) is 5.75 Å². The highest BCUT2D eigenvalue weighted by Crippen LogP contribution is 2.38. The first-order chi connectivity index (χ1) is 17.9. The van der Waals surface area contributed by atoms with Gasteiger partial charge in [-0.1, -0.05) is 72.8 Å². The van der Waals surface area contributed by atoms with Gasteiger partial charge in [0, 0.05) is 11.1 Å². The Morgan fingerprint density at radius 3 is 2.11 bits per heavy atom. The van der Waals surface area contributed by atoms with E-state index in [9.17, 15) is 8.78 Å². The van der Waals surface area contributed by atoms with E-state index in [1.54, 1.807) is 36.4 Å². The lowest BCUT2D eigenvalue weighted by molar-refractivity contribution is 0.333. The fourth-order valence-electron chi connectivity index (χ4n) is 5.10. The van der Waals surface area contributed by atoms with Crippen LogP contribution >= 0.6 is 0 Å². The number of hydrogen-bond donors (Lipinski definition) is 0. The SMILES string of the molecule is C=CCOc1ccc(-c2ccc(-c3ccc(C4CCc5cc(C)ccc5C4)c(F)c3F)cc2)c(F)c1F. The Morgan fingerprint density at radius 1 is 0.784 bits per heavy atom. The highest BCUT2D eigenvalue weighted by atomic mass is 19.2. The molecule has 1 aliphatic rings. The quantitative estimate of drug-likeness (QED) is 0.189. The number of fused-ring (bicyclic) bond motifs is 1. The monoisotopic (exact) mass is 502 g/mol. The molecule has 188 valence electrons. The summed E-state index contributed by atoms with van der Waals surface area (Å²) >= 11 is 0. The van der Waals surface area contributed by atoms with Gasteiger partial charge in [0.1, 0.15) is 6.61 Å². The van der Waals surface area contributed by atoms with E-state index in [1.165, 1.54) is 34.9 Å². The van der Waals surface area contributed by atoms with Crippen molar-refractivity contribution in [1.29, 1.82) is 0 Å². The van der Waals surface area contributed by atoms with E-state index >= 15 is 8.78 Å². The second-order valence-electron chi connectivity index (χ2n) is 9.46. The van der Waals surface area contributed by atoms with Gasteiger partial charge in [0.05, 0.1) is 0 Å². The van der Waals surface area contributed by atoms with Crippen molar-refractivity contribution in [3.8, 4) is 28.0 Å². The summed E-state index contributed by atoms with van der Waals surface area (Å²) in [6.07, 6.45) is 3.72. The fraction of sp³-hybridized carbons (Fsp3) is 0.188. The smallest absolute Gasteiger partial charge is 0.201 e.